The molecule has 3 aliphatic rings. The molecule has 1 saturated heterocycles. The van der Waals surface area contributed by atoms with Gasteiger partial charge in [0.1, 0.15) is 0 Å². The first-order chi connectivity index (χ1) is 19.8. The summed E-state index contributed by atoms with van der Waals surface area (Å²) >= 11 is -2.82. The van der Waals surface area contributed by atoms with Gasteiger partial charge in [0, 0.05) is 0 Å². The van der Waals surface area contributed by atoms with Crippen LogP contribution in [0.25, 0.3) is 34.4 Å². The summed E-state index contributed by atoms with van der Waals surface area (Å²) in [6, 6.07) is 31.8. The molecule has 2 unspecified atom stereocenters. The van der Waals surface area contributed by atoms with E-state index in [1.807, 2.05) is 0 Å². The van der Waals surface area contributed by atoms with Crippen LogP contribution in [0.2, 0.25) is 8.26 Å². The Labute approximate surface area is 275 Å². The van der Waals surface area contributed by atoms with Gasteiger partial charge in [-0.3, -0.25) is 0 Å². The van der Waals surface area contributed by atoms with E-state index in [2.05, 4.69) is 139 Å². The molecular formula is C40H42Cl2Zr. The maximum atomic E-state index is 2.65. The second-order valence-electron chi connectivity index (χ2n) is 13.4. The Kier molecular flexibility index (Phi) is 9.23. The molecule has 0 nitrogen and oxygen atoms in total. The number of rotatable bonds is 6. The summed E-state index contributed by atoms with van der Waals surface area (Å²) in [7, 11) is 0. The Morgan fingerprint density at radius 3 is 1.23 bits per heavy atom. The van der Waals surface area contributed by atoms with E-state index in [-0.39, 0.29) is 24.8 Å². The molecule has 4 aromatic rings. The maximum Gasteiger partial charge on any atom is -1.00 e. The molecule has 220 valence electrons. The first kappa shape index (κ1) is 32.2. The Morgan fingerprint density at radius 1 is 0.535 bits per heavy atom. The van der Waals surface area contributed by atoms with Gasteiger partial charge in [0.25, 0.3) is 0 Å². The van der Waals surface area contributed by atoms with Crippen molar-refractivity contribution in [3.05, 3.63) is 129 Å². The number of aryl methyl sites for hydroxylation is 2. The Bertz CT molecular complexity index is 1580. The molecule has 0 radical (unpaired) electrons. The molecule has 1 fully saturated rings. The summed E-state index contributed by atoms with van der Waals surface area (Å²) < 4.78 is 4.34. The van der Waals surface area contributed by atoms with E-state index in [1.54, 1.807) is 22.3 Å². The van der Waals surface area contributed by atoms with Crippen LogP contribution in [-0.4, -0.2) is 0 Å². The van der Waals surface area contributed by atoms with Gasteiger partial charge in [0.15, 0.2) is 0 Å². The predicted molar refractivity (Wildman–Crippen MR) is 174 cm³/mol. The summed E-state index contributed by atoms with van der Waals surface area (Å²) in [6.07, 6.45) is 5.30. The largest absolute Gasteiger partial charge is 1.00 e. The number of allylic oxidation sites excluding steroid dienone is 2. The van der Waals surface area contributed by atoms with Crippen molar-refractivity contribution in [2.45, 2.75) is 57.1 Å². The molecule has 43 heavy (non-hydrogen) atoms. The number of fused-ring (bicyclic) bond motifs is 2. The van der Waals surface area contributed by atoms with Crippen LogP contribution in [0.1, 0.15) is 68.3 Å². The van der Waals surface area contributed by atoms with Gasteiger partial charge >= 0.3 is 253 Å². The molecule has 7 rings (SSSR count). The molecule has 0 amide bonds. The fourth-order valence-corrected chi connectivity index (χ4v) is 26.9. The van der Waals surface area contributed by atoms with E-state index in [1.165, 1.54) is 52.8 Å². The average molecular weight is 685 g/mol. The molecule has 0 bridgehead atoms. The van der Waals surface area contributed by atoms with Crippen LogP contribution in [-0.2, 0) is 20.3 Å². The van der Waals surface area contributed by atoms with Crippen LogP contribution in [0.5, 0.6) is 0 Å². The minimum atomic E-state index is -2.82. The van der Waals surface area contributed by atoms with Gasteiger partial charge in [-0.25, -0.2) is 0 Å². The average Bonchev–Trinajstić information content (AvgIpc) is 3.47. The molecule has 0 N–H and O–H groups in total. The number of hydrogen-bond acceptors (Lipinski definition) is 0. The SMILES string of the molecule is Cc1ccc(-c2ccccc2)c2c1[CH]([Zr+2]1([CH]3C(C(C)C)=Cc4c(-c5ccccc5)ccc(C)c43)[CH2][CH2]1)C(C(C)C)=C2.[Cl-].[Cl-]. The first-order valence-electron chi connectivity index (χ1n) is 15.6. The third kappa shape index (κ3) is 5.18. The van der Waals surface area contributed by atoms with Gasteiger partial charge in [-0.1, -0.05) is 0 Å². The predicted octanol–water partition coefficient (Wildman–Crippen LogP) is 5.54. The molecule has 0 aromatic heterocycles. The summed E-state index contributed by atoms with van der Waals surface area (Å²) in [5, 5.41) is 0. The minimum Gasteiger partial charge on any atom is -1.00 e. The summed E-state index contributed by atoms with van der Waals surface area (Å²) in [5.74, 6) is 1.13. The molecule has 1 heterocycles. The number of halogens is 2. The molecule has 4 aromatic carbocycles. The molecule has 3 heteroatoms. The van der Waals surface area contributed by atoms with E-state index in [9.17, 15) is 0 Å². The molecule has 0 spiro atoms. The van der Waals surface area contributed by atoms with Crippen molar-refractivity contribution >= 4 is 12.2 Å². The van der Waals surface area contributed by atoms with Gasteiger partial charge in [0.2, 0.25) is 0 Å². The van der Waals surface area contributed by atoms with Gasteiger partial charge in [0.05, 0.1) is 0 Å². The minimum absolute atomic E-state index is 0. The van der Waals surface area contributed by atoms with Crippen LogP contribution in [0.4, 0.5) is 0 Å². The fourth-order valence-electron chi connectivity index (χ4n) is 8.27. The van der Waals surface area contributed by atoms with Crippen molar-refractivity contribution in [2.75, 3.05) is 0 Å². The van der Waals surface area contributed by atoms with Crippen LogP contribution in [0.3, 0.4) is 0 Å². The maximum absolute atomic E-state index is 2.82. The molecule has 1 aliphatic heterocycles. The van der Waals surface area contributed by atoms with E-state index < -0.39 is 20.3 Å². The summed E-state index contributed by atoms with van der Waals surface area (Å²) in [4.78, 5) is 0. The van der Waals surface area contributed by atoms with Crippen molar-refractivity contribution in [2.24, 2.45) is 11.8 Å². The second kappa shape index (κ2) is 12.3. The molecule has 0 saturated carbocycles. The molecule has 2 atom stereocenters. The van der Waals surface area contributed by atoms with Gasteiger partial charge < -0.3 is 24.8 Å². The monoisotopic (exact) mass is 682 g/mol. The van der Waals surface area contributed by atoms with E-state index in [0.717, 1.165) is 0 Å². The molecular weight excluding hydrogens is 643 g/mol. The standard InChI is InChI=1S/2C19H19.C2H4.2ClH.Zr/c2*1-13(2)16-11-18-14(3)9-10-17(19(18)12-16)15-7-5-4-6-8-15;1-2;;;/h2*4-13H,1-3H3;1-2H2;2*1H;/q;;;;;+2/p-2. The van der Waals surface area contributed by atoms with Gasteiger partial charge in [-0.05, 0) is 0 Å². The van der Waals surface area contributed by atoms with Crippen LogP contribution < -0.4 is 24.8 Å². The Hall–Kier alpha value is -2.18. The first-order valence-corrected chi connectivity index (χ1v) is 21.9. The topological polar surface area (TPSA) is 0 Å². The smallest absolute Gasteiger partial charge is 1.00 e. The summed E-state index contributed by atoms with van der Waals surface area (Å²) in [5.41, 5.74) is 18.4. The van der Waals surface area contributed by atoms with Crippen molar-refractivity contribution in [1.82, 2.24) is 0 Å². The fraction of sp³-hybridized carbons (Fsp3) is 0.300. The van der Waals surface area contributed by atoms with Crippen molar-refractivity contribution < 1.29 is 45.1 Å². The zero-order valence-electron chi connectivity index (χ0n) is 26.2. The Balaban J connectivity index is 0.00000184. The third-order valence-corrected chi connectivity index (χ3v) is 23.1. The van der Waals surface area contributed by atoms with E-state index >= 15 is 0 Å². The molecule has 2 aliphatic carbocycles. The van der Waals surface area contributed by atoms with Crippen molar-refractivity contribution in [3.63, 3.8) is 0 Å². The second-order valence-corrected chi connectivity index (χ2v) is 24.8. The van der Waals surface area contributed by atoms with Gasteiger partial charge in [-0.2, -0.15) is 0 Å². The van der Waals surface area contributed by atoms with Crippen LogP contribution in [0, 0.1) is 25.7 Å². The summed E-state index contributed by atoms with van der Waals surface area (Å²) in [6.45, 7) is 14.6. The van der Waals surface area contributed by atoms with E-state index in [0.29, 0.717) is 19.1 Å². The van der Waals surface area contributed by atoms with Crippen molar-refractivity contribution in [3.8, 4) is 22.3 Å². The van der Waals surface area contributed by atoms with E-state index in [4.69, 9.17) is 0 Å². The van der Waals surface area contributed by atoms with Crippen LogP contribution >= 0.6 is 0 Å². The van der Waals surface area contributed by atoms with Crippen LogP contribution in [0.15, 0.2) is 96.1 Å². The third-order valence-electron chi connectivity index (χ3n) is 10.4. The zero-order chi connectivity index (χ0) is 28.5. The normalized spacial score (nSPS) is 18.5. The number of hydrogen-bond donors (Lipinski definition) is 0. The Morgan fingerprint density at radius 2 is 0.907 bits per heavy atom. The quantitative estimate of drug-likeness (QED) is 0.251. The van der Waals surface area contributed by atoms with Gasteiger partial charge in [-0.15, -0.1) is 0 Å². The number of benzene rings is 4. The zero-order valence-corrected chi connectivity index (χ0v) is 30.2. The van der Waals surface area contributed by atoms with Crippen molar-refractivity contribution in [1.29, 1.82) is 0 Å².